The molecule has 0 aromatic heterocycles. The van der Waals surface area contributed by atoms with Crippen LogP contribution in [0, 0.1) is 0 Å². The van der Waals surface area contributed by atoms with E-state index in [0.717, 1.165) is 5.56 Å². The Kier molecular flexibility index (Phi) is 9.36. The molecule has 33 heavy (non-hydrogen) atoms. The molecular weight excluding hydrogens is 418 g/mol. The normalized spacial score (nSPS) is 10.4. The highest BCUT2D eigenvalue weighted by molar-refractivity contribution is 6.09. The molecule has 0 spiro atoms. The molecule has 6 nitrogen and oxygen atoms in total. The summed E-state index contributed by atoms with van der Waals surface area (Å²) in [5.41, 5.74) is 2.47. The molecular formula is C27H27NO5. The van der Waals surface area contributed by atoms with Crippen LogP contribution in [-0.2, 0) is 38.5 Å². The average molecular weight is 446 g/mol. The minimum absolute atomic E-state index is 0.0430. The molecule has 3 aromatic carbocycles. The summed E-state index contributed by atoms with van der Waals surface area (Å²) in [6.07, 6.45) is -0.653. The number of carbonyl (C=O) groups excluding carboxylic acids is 3. The van der Waals surface area contributed by atoms with E-state index in [4.69, 9.17) is 9.47 Å². The first-order valence-corrected chi connectivity index (χ1v) is 10.9. The molecule has 0 heterocycles. The quantitative estimate of drug-likeness (QED) is 0.428. The zero-order valence-corrected chi connectivity index (χ0v) is 18.4. The van der Waals surface area contributed by atoms with E-state index >= 15 is 0 Å². The Morgan fingerprint density at radius 2 is 1.06 bits per heavy atom. The molecule has 0 saturated heterocycles. The van der Waals surface area contributed by atoms with Crippen molar-refractivity contribution in [2.24, 2.45) is 0 Å². The van der Waals surface area contributed by atoms with E-state index in [1.54, 1.807) is 48.5 Å². The highest BCUT2D eigenvalue weighted by Crippen LogP contribution is 2.09. The largest absolute Gasteiger partial charge is 0.449 e. The third-order valence-electron chi connectivity index (χ3n) is 4.85. The molecule has 0 bridgehead atoms. The Hall–Kier alpha value is -3.77. The number of nitrogens with zero attached hydrogens (tertiary/aromatic N) is 1. The summed E-state index contributed by atoms with van der Waals surface area (Å²) in [6.45, 7) is 0.894. The standard InChI is InChI=1S/C27H27NO5/c29-25(19-22-11-4-1-5-12-22)28(26(30)20-23-13-6-2-7-14-23)27(31)33-18-10-17-32-21-24-15-8-3-9-16-24/h1-9,11-16H,10,17-21H2. The summed E-state index contributed by atoms with van der Waals surface area (Å²) in [6, 6.07) is 27.7. The van der Waals surface area contributed by atoms with Gasteiger partial charge in [-0.05, 0) is 16.7 Å². The maximum Gasteiger partial charge on any atom is 0.423 e. The van der Waals surface area contributed by atoms with Crippen molar-refractivity contribution < 1.29 is 23.9 Å². The van der Waals surface area contributed by atoms with E-state index in [1.165, 1.54) is 0 Å². The van der Waals surface area contributed by atoms with Crippen molar-refractivity contribution in [3.63, 3.8) is 0 Å². The summed E-state index contributed by atoms with van der Waals surface area (Å²) in [4.78, 5) is 39.0. The highest BCUT2D eigenvalue weighted by Gasteiger charge is 2.30. The van der Waals surface area contributed by atoms with Gasteiger partial charge in [-0.2, -0.15) is 4.90 Å². The smallest absolute Gasteiger partial charge is 0.423 e. The van der Waals surface area contributed by atoms with Crippen LogP contribution in [0.15, 0.2) is 91.0 Å². The van der Waals surface area contributed by atoms with Crippen molar-refractivity contribution in [1.29, 1.82) is 0 Å². The molecule has 170 valence electrons. The lowest BCUT2D eigenvalue weighted by Crippen LogP contribution is -2.44. The van der Waals surface area contributed by atoms with Crippen molar-refractivity contribution in [2.45, 2.75) is 25.9 Å². The number of rotatable bonds is 10. The molecule has 3 rings (SSSR count). The number of carbonyl (C=O) groups is 3. The number of ether oxygens (including phenoxy) is 2. The van der Waals surface area contributed by atoms with E-state index in [9.17, 15) is 14.4 Å². The second-order valence-corrected chi connectivity index (χ2v) is 7.45. The van der Waals surface area contributed by atoms with Gasteiger partial charge in [0.15, 0.2) is 0 Å². The molecule has 0 unspecified atom stereocenters. The number of benzene rings is 3. The van der Waals surface area contributed by atoms with Gasteiger partial charge in [0.2, 0.25) is 11.8 Å². The molecule has 0 saturated carbocycles. The van der Waals surface area contributed by atoms with Crippen LogP contribution in [0.5, 0.6) is 0 Å². The minimum atomic E-state index is -0.958. The maximum atomic E-state index is 12.9. The number of hydrogen-bond acceptors (Lipinski definition) is 5. The van der Waals surface area contributed by atoms with Crippen LogP contribution in [0.3, 0.4) is 0 Å². The molecule has 0 aliphatic rings. The van der Waals surface area contributed by atoms with E-state index in [-0.39, 0.29) is 19.4 Å². The molecule has 0 fully saturated rings. The van der Waals surface area contributed by atoms with Crippen molar-refractivity contribution >= 4 is 17.9 Å². The fourth-order valence-electron chi connectivity index (χ4n) is 3.19. The molecule has 3 aromatic rings. The third-order valence-corrected chi connectivity index (χ3v) is 4.85. The highest BCUT2D eigenvalue weighted by atomic mass is 16.6. The van der Waals surface area contributed by atoms with Gasteiger partial charge in [-0.1, -0.05) is 91.0 Å². The SMILES string of the molecule is O=C(Cc1ccccc1)N(C(=O)Cc1ccccc1)C(=O)OCCCOCc1ccccc1. The lowest BCUT2D eigenvalue weighted by Gasteiger charge is -2.19. The van der Waals surface area contributed by atoms with Gasteiger partial charge in [0.25, 0.3) is 0 Å². The van der Waals surface area contributed by atoms with E-state index in [0.29, 0.717) is 35.7 Å². The van der Waals surface area contributed by atoms with Crippen molar-refractivity contribution in [3.8, 4) is 0 Å². The Morgan fingerprint density at radius 3 is 1.55 bits per heavy atom. The molecule has 0 aliphatic carbocycles. The summed E-state index contributed by atoms with van der Waals surface area (Å²) in [5, 5.41) is 0. The van der Waals surface area contributed by atoms with Crippen LogP contribution in [-0.4, -0.2) is 36.0 Å². The van der Waals surface area contributed by atoms with Crippen LogP contribution in [0.2, 0.25) is 0 Å². The van der Waals surface area contributed by atoms with Crippen LogP contribution in [0.1, 0.15) is 23.1 Å². The van der Waals surface area contributed by atoms with Crippen molar-refractivity contribution in [3.05, 3.63) is 108 Å². The Morgan fingerprint density at radius 1 is 0.606 bits per heavy atom. The Labute approximate surface area is 193 Å². The van der Waals surface area contributed by atoms with Crippen molar-refractivity contribution in [1.82, 2.24) is 4.90 Å². The van der Waals surface area contributed by atoms with E-state index in [1.807, 2.05) is 42.5 Å². The lowest BCUT2D eigenvalue weighted by molar-refractivity contribution is -0.141. The fraction of sp³-hybridized carbons (Fsp3) is 0.222. The zero-order valence-electron chi connectivity index (χ0n) is 18.4. The fourth-order valence-corrected chi connectivity index (χ4v) is 3.19. The first-order chi connectivity index (χ1) is 16.1. The van der Waals surface area contributed by atoms with Gasteiger partial charge in [-0.15, -0.1) is 0 Å². The predicted octanol–water partition coefficient (Wildman–Crippen LogP) is 4.57. The van der Waals surface area contributed by atoms with Gasteiger partial charge in [0.05, 0.1) is 32.7 Å². The van der Waals surface area contributed by atoms with Crippen molar-refractivity contribution in [2.75, 3.05) is 13.2 Å². The van der Waals surface area contributed by atoms with Gasteiger partial charge in [-0.3, -0.25) is 9.59 Å². The average Bonchev–Trinajstić information content (AvgIpc) is 2.83. The first kappa shape index (κ1) is 23.9. The lowest BCUT2D eigenvalue weighted by atomic mass is 10.1. The van der Waals surface area contributed by atoms with Crippen LogP contribution in [0.25, 0.3) is 0 Å². The predicted molar refractivity (Wildman–Crippen MR) is 124 cm³/mol. The second-order valence-electron chi connectivity index (χ2n) is 7.45. The zero-order chi connectivity index (χ0) is 23.3. The summed E-state index contributed by atoms with van der Waals surface area (Å²) < 4.78 is 10.8. The van der Waals surface area contributed by atoms with Crippen LogP contribution >= 0.6 is 0 Å². The van der Waals surface area contributed by atoms with E-state index < -0.39 is 17.9 Å². The maximum absolute atomic E-state index is 12.9. The van der Waals surface area contributed by atoms with Gasteiger partial charge in [0.1, 0.15) is 0 Å². The number of hydrogen-bond donors (Lipinski definition) is 0. The third kappa shape index (κ3) is 8.01. The van der Waals surface area contributed by atoms with Crippen LogP contribution < -0.4 is 0 Å². The van der Waals surface area contributed by atoms with Gasteiger partial charge < -0.3 is 9.47 Å². The molecule has 3 amide bonds. The van der Waals surface area contributed by atoms with E-state index in [2.05, 4.69) is 0 Å². The molecule has 6 heteroatoms. The molecule has 0 aliphatic heterocycles. The molecule has 0 N–H and O–H groups in total. The van der Waals surface area contributed by atoms with Gasteiger partial charge in [-0.25, -0.2) is 4.79 Å². The van der Waals surface area contributed by atoms with Gasteiger partial charge >= 0.3 is 6.09 Å². The summed E-state index contributed by atoms with van der Waals surface area (Å²) >= 11 is 0. The second kappa shape index (κ2) is 12.9. The number of imide groups is 3. The monoisotopic (exact) mass is 445 g/mol. The topological polar surface area (TPSA) is 72.9 Å². The van der Waals surface area contributed by atoms with Crippen LogP contribution in [0.4, 0.5) is 4.79 Å². The number of amides is 3. The Balaban J connectivity index is 1.54. The van der Waals surface area contributed by atoms with Gasteiger partial charge in [0, 0.05) is 6.42 Å². The first-order valence-electron chi connectivity index (χ1n) is 10.9. The Bertz CT molecular complexity index is 969. The molecule has 0 radical (unpaired) electrons. The molecule has 0 atom stereocenters. The summed E-state index contributed by atoms with van der Waals surface area (Å²) in [5.74, 6) is -1.24. The minimum Gasteiger partial charge on any atom is -0.449 e. The summed E-state index contributed by atoms with van der Waals surface area (Å²) in [7, 11) is 0.